The van der Waals surface area contributed by atoms with E-state index >= 15 is 0 Å². The summed E-state index contributed by atoms with van der Waals surface area (Å²) in [6.45, 7) is 7.87. The molecule has 5 N–H and O–H groups in total. The molecule has 1 aliphatic rings. The Morgan fingerprint density at radius 1 is 0.795 bits per heavy atom. The maximum absolute atomic E-state index is 11.3. The third-order valence-corrected chi connectivity index (χ3v) is 12.0. The smallest absolute Gasteiger partial charge is 0.870 e. The molecule has 1 heterocycles. The molecule has 1 fully saturated rings. The predicted molar refractivity (Wildman–Crippen MR) is 168 cm³/mol. The first-order chi connectivity index (χ1) is 18.3. The maximum Gasteiger partial charge on any atom is -0.870 e. The SMILES string of the molecule is CCCCCCCCCCCC1(CC(=O)O)NCC[NH+]1C(C)O.CCCCCCCCCCC[CH2][Sn]([CH3])[CH3].[OH-]. The number of unbranched alkanes of at least 4 members (excludes halogenated alkanes) is 17. The molecular formula is C32H69N2O4Sn. The molecule has 0 aliphatic carbocycles. The predicted octanol–water partition coefficient (Wildman–Crippen LogP) is 7.39. The molecule has 39 heavy (non-hydrogen) atoms. The summed E-state index contributed by atoms with van der Waals surface area (Å²) in [5.74, 6) is -0.784. The normalized spacial score (nSPS) is 19.4. The zero-order chi connectivity index (χ0) is 28.5. The van der Waals surface area contributed by atoms with E-state index in [0.29, 0.717) is 0 Å². The Morgan fingerprint density at radius 2 is 1.21 bits per heavy atom. The summed E-state index contributed by atoms with van der Waals surface area (Å²) in [5.41, 5.74) is -0.485. The monoisotopic (exact) mass is 665 g/mol. The van der Waals surface area contributed by atoms with Gasteiger partial charge >= 0.3 is 111 Å². The van der Waals surface area contributed by atoms with Gasteiger partial charge in [0.15, 0.2) is 11.9 Å². The van der Waals surface area contributed by atoms with Crippen LogP contribution in [0.4, 0.5) is 0 Å². The van der Waals surface area contributed by atoms with E-state index in [2.05, 4.69) is 29.0 Å². The fourth-order valence-corrected chi connectivity index (χ4v) is 8.60. The Kier molecular flexibility index (Phi) is 29.9. The van der Waals surface area contributed by atoms with Crippen molar-refractivity contribution in [3.63, 3.8) is 0 Å². The van der Waals surface area contributed by atoms with Crippen LogP contribution in [0, 0.1) is 0 Å². The second-order valence-electron chi connectivity index (χ2n) is 12.2. The van der Waals surface area contributed by atoms with E-state index in [0.717, 1.165) is 37.3 Å². The van der Waals surface area contributed by atoms with Crippen molar-refractivity contribution in [3.05, 3.63) is 0 Å². The van der Waals surface area contributed by atoms with E-state index in [1.54, 1.807) is 11.4 Å². The number of hydrogen-bond acceptors (Lipinski definition) is 4. The third-order valence-electron chi connectivity index (χ3n) is 8.17. The van der Waals surface area contributed by atoms with Crippen LogP contribution in [0.5, 0.6) is 0 Å². The molecule has 6 nitrogen and oxygen atoms in total. The molecule has 1 saturated heterocycles. The van der Waals surface area contributed by atoms with Crippen molar-refractivity contribution in [1.82, 2.24) is 5.32 Å². The standard InChI is InChI=1S/C18H36N2O3.C12H25.2CH3.H2O.Sn/c1-3-4-5-6-7-8-9-10-11-12-18(15-17(22)23)19-13-14-20(18)16(2)21;1-3-5-7-9-11-12-10-8-6-4-2;;;;/h16,19,21H,3-15H2,1-2H3,(H,22,23);1,3-12H2,2H3;2*1H3;1H2;. The van der Waals surface area contributed by atoms with Crippen molar-refractivity contribution in [2.75, 3.05) is 13.1 Å². The molecule has 0 spiro atoms. The number of aliphatic hydroxyl groups is 1. The van der Waals surface area contributed by atoms with Crippen molar-refractivity contribution in [3.8, 4) is 0 Å². The molecule has 0 aromatic rings. The van der Waals surface area contributed by atoms with E-state index in [1.807, 2.05) is 0 Å². The van der Waals surface area contributed by atoms with Gasteiger partial charge in [0.1, 0.15) is 6.42 Å². The van der Waals surface area contributed by atoms with Crippen LogP contribution in [0.15, 0.2) is 0 Å². The molecule has 3 atom stereocenters. The van der Waals surface area contributed by atoms with Gasteiger partial charge < -0.3 is 15.7 Å². The molecule has 0 amide bonds. The topological polar surface area (TPSA) is 104 Å². The molecular weight excluding hydrogens is 595 g/mol. The first-order valence-corrected chi connectivity index (χ1v) is 24.3. The number of rotatable bonds is 24. The number of carboxylic acids is 1. The zero-order valence-electron chi connectivity index (χ0n) is 26.8. The average Bonchev–Trinajstić information content (AvgIpc) is 3.27. The van der Waals surface area contributed by atoms with E-state index in [1.165, 1.54) is 109 Å². The summed E-state index contributed by atoms with van der Waals surface area (Å²) in [6.07, 6.45) is 26.6. The first kappa shape index (κ1) is 41.2. The first-order valence-electron chi connectivity index (χ1n) is 16.6. The van der Waals surface area contributed by atoms with Crippen molar-refractivity contribution in [2.45, 2.75) is 182 Å². The van der Waals surface area contributed by atoms with E-state index in [4.69, 9.17) is 0 Å². The Balaban J connectivity index is 0. The largest absolute Gasteiger partial charge is 0.870 e. The zero-order valence-corrected chi connectivity index (χ0v) is 29.7. The van der Waals surface area contributed by atoms with Gasteiger partial charge in [0, 0.05) is 13.3 Å². The van der Waals surface area contributed by atoms with Crippen molar-refractivity contribution in [1.29, 1.82) is 0 Å². The van der Waals surface area contributed by atoms with Gasteiger partial charge in [-0.15, -0.1) is 0 Å². The van der Waals surface area contributed by atoms with E-state index in [-0.39, 0.29) is 11.9 Å². The number of hydrogen-bond donors (Lipinski definition) is 4. The van der Waals surface area contributed by atoms with Crippen molar-refractivity contribution >= 4 is 25.7 Å². The van der Waals surface area contributed by atoms with Crippen LogP contribution in [0.25, 0.3) is 0 Å². The number of carboxylic acid groups (broad SMARTS) is 1. The quantitative estimate of drug-likeness (QED) is 0.0637. The Hall–Kier alpha value is 0.109. The Morgan fingerprint density at radius 3 is 1.59 bits per heavy atom. The van der Waals surface area contributed by atoms with Crippen molar-refractivity contribution in [2.24, 2.45) is 0 Å². The Bertz CT molecular complexity index is 536. The van der Waals surface area contributed by atoms with Crippen LogP contribution in [0.2, 0.25) is 14.3 Å². The van der Waals surface area contributed by atoms with Gasteiger partial charge in [-0.2, -0.15) is 0 Å². The number of aliphatic hydroxyl groups excluding tert-OH is 1. The summed E-state index contributed by atoms with van der Waals surface area (Å²) in [7, 11) is 0. The molecule has 7 heteroatoms. The minimum Gasteiger partial charge on any atom is -0.870 e. The van der Waals surface area contributed by atoms with Crippen LogP contribution < -0.4 is 10.2 Å². The second-order valence-corrected chi connectivity index (χ2v) is 20.6. The minimum atomic E-state index is -0.784. The molecule has 0 saturated carbocycles. The molecule has 1 rings (SSSR count). The number of nitrogens with one attached hydrogen (secondary N) is 2. The number of aliphatic carboxylic acids is 1. The molecule has 3 unspecified atom stereocenters. The number of carbonyl (C=O) groups is 1. The molecule has 0 bridgehead atoms. The van der Waals surface area contributed by atoms with Gasteiger partial charge in [-0.3, -0.25) is 15.0 Å². The van der Waals surface area contributed by atoms with Crippen molar-refractivity contribution < 1.29 is 25.4 Å². The van der Waals surface area contributed by atoms with E-state index < -0.39 is 37.6 Å². The number of quaternary nitrogens is 1. The van der Waals surface area contributed by atoms with Gasteiger partial charge in [0.25, 0.3) is 0 Å². The van der Waals surface area contributed by atoms with Crippen LogP contribution >= 0.6 is 0 Å². The maximum atomic E-state index is 11.3. The molecule has 1 radical (unpaired) electrons. The van der Waals surface area contributed by atoms with Gasteiger partial charge in [0.05, 0.1) is 13.1 Å². The van der Waals surface area contributed by atoms with Gasteiger partial charge in [-0.05, 0) is 6.42 Å². The second kappa shape index (κ2) is 28.2. The molecule has 235 valence electrons. The van der Waals surface area contributed by atoms with E-state index in [9.17, 15) is 15.0 Å². The van der Waals surface area contributed by atoms with Crippen LogP contribution in [-0.2, 0) is 4.79 Å². The van der Waals surface area contributed by atoms with Gasteiger partial charge in [-0.1, -0.05) is 58.3 Å². The summed E-state index contributed by atoms with van der Waals surface area (Å²) >= 11 is -0.727. The summed E-state index contributed by atoms with van der Waals surface area (Å²) in [6, 6.07) is 0. The van der Waals surface area contributed by atoms with Gasteiger partial charge in [-0.25, -0.2) is 0 Å². The van der Waals surface area contributed by atoms with Crippen LogP contribution in [-0.4, -0.2) is 66.4 Å². The fourth-order valence-electron chi connectivity index (χ4n) is 5.87. The molecule has 0 aromatic heterocycles. The molecule has 1 aliphatic heterocycles. The minimum absolute atomic E-state index is 0. The summed E-state index contributed by atoms with van der Waals surface area (Å²) in [4.78, 5) is 17.3. The third kappa shape index (κ3) is 23.4. The fraction of sp³-hybridized carbons (Fsp3) is 0.969. The summed E-state index contributed by atoms with van der Waals surface area (Å²) in [5, 5.41) is 22.6. The molecule has 0 aromatic carbocycles. The Labute approximate surface area is 250 Å². The van der Waals surface area contributed by atoms with Crippen LogP contribution in [0.1, 0.15) is 156 Å². The van der Waals surface area contributed by atoms with Gasteiger partial charge in [0.2, 0.25) is 0 Å². The average molecular weight is 665 g/mol. The summed E-state index contributed by atoms with van der Waals surface area (Å²) < 4.78 is 1.62. The van der Waals surface area contributed by atoms with Crippen LogP contribution in [0.3, 0.4) is 0 Å².